The SMILES string of the molecule is CC(C)CC(C(=O)O)n1cc(CCN2CCC2)c(C(F)(F)F)cc1=O.CCOC(=O)C[C@H](CC(=O)C(CC(C)C)n1cc(CCN2CCC2)c(C(F)(F)F)cc1=O)c1c(F)c(-c2c(C)ccc(C)c2C)cc(C(F)(F)F)c1F.CCOC(=O)C[C@H](N)c1c(F)c(-c2c(C)ccc(C)c2C)cc(C(F)(F)F)c1F.S.S. The van der Waals surface area contributed by atoms with Crippen molar-refractivity contribution in [3.63, 3.8) is 0 Å². The summed E-state index contributed by atoms with van der Waals surface area (Å²) in [5.41, 5.74) is -1.76. The van der Waals surface area contributed by atoms with E-state index in [1.807, 2.05) is 9.80 Å². The van der Waals surface area contributed by atoms with Crippen LogP contribution in [0.1, 0.15) is 188 Å². The standard InChI is InChI=1S/C39H44F8N2O4.C21H22F5NO2.C17H23F3N2O3.2H2S/c1-7-53-33(52)17-26(35-36(40)27(18-29(37(35)41)39(45,46)47)34-23(5)10-9-22(4)24(34)6)16-31(50)30(15-21(2)3)49-20-25(11-14-48-12-8-13-48)28(19-32(49)51)38(42,43)44;1-5-29-16(28)9-15(27)18-19(22)13(8-14(20(18)23)21(24,25)26)17-11(3)7-6-10(2)12(17)4;1-11(2)8-14(16(24)25)22-10-12(4-7-21-5-3-6-21)13(9-15(22)23)17(18,19)20;;/h9-10,18-21,26,30H,7-8,11-17H2,1-6H3;6-8,15H,5,9,27H2,1-4H3;9-11,14H,3-8H2,1-2H3,(H,24,25);2*1H2/t26-,30?;15-;;;/m00.../s1. The van der Waals surface area contributed by atoms with Crippen molar-refractivity contribution in [1.29, 1.82) is 0 Å². The highest BCUT2D eigenvalue weighted by Crippen LogP contribution is 2.46. The second-order valence-electron chi connectivity index (χ2n) is 27.8. The van der Waals surface area contributed by atoms with Crippen molar-refractivity contribution < 1.29 is 104 Å². The fourth-order valence-corrected chi connectivity index (χ4v) is 13.1. The van der Waals surface area contributed by atoms with Gasteiger partial charge in [0.25, 0.3) is 11.1 Å². The van der Waals surface area contributed by atoms with Crippen LogP contribution in [-0.2, 0) is 66.2 Å². The van der Waals surface area contributed by atoms with E-state index in [0.29, 0.717) is 71.7 Å². The summed E-state index contributed by atoms with van der Waals surface area (Å²) in [7, 11) is 0. The van der Waals surface area contributed by atoms with Crippen molar-refractivity contribution in [2.45, 2.75) is 190 Å². The van der Waals surface area contributed by atoms with Gasteiger partial charge in [0, 0.05) is 78.3 Å². The highest BCUT2D eigenvalue weighted by atomic mass is 32.1. The molecule has 2 fully saturated rings. The van der Waals surface area contributed by atoms with Crippen molar-refractivity contribution in [3.05, 3.63) is 183 Å². The molecule has 0 aliphatic carbocycles. The third kappa shape index (κ3) is 23.7. The molecule has 14 nitrogen and oxygen atoms in total. The molecule has 2 aromatic heterocycles. The van der Waals surface area contributed by atoms with E-state index in [0.717, 1.165) is 53.0 Å². The summed E-state index contributed by atoms with van der Waals surface area (Å²) in [6.07, 6.45) is -18.3. The average molecular weight is 1600 g/mol. The van der Waals surface area contributed by atoms with E-state index in [1.165, 1.54) is 13.8 Å². The molecule has 0 radical (unpaired) electrons. The minimum absolute atomic E-state index is 0. The first-order valence-electron chi connectivity index (χ1n) is 34.9. The lowest BCUT2D eigenvalue weighted by molar-refractivity contribution is -0.144. The van der Waals surface area contributed by atoms with Crippen LogP contribution in [0.2, 0.25) is 0 Å². The van der Waals surface area contributed by atoms with E-state index in [9.17, 15) is 90.9 Å². The molecule has 4 heterocycles. The van der Waals surface area contributed by atoms with E-state index < -0.39 is 171 Å². The van der Waals surface area contributed by atoms with E-state index in [1.54, 1.807) is 93.5 Å². The molecular formula is C77H93F16N5O9S2. The van der Waals surface area contributed by atoms with Gasteiger partial charge in [0.2, 0.25) is 0 Å². The number of halogens is 16. The number of benzene rings is 4. The molecule has 4 aromatic carbocycles. The number of pyridine rings is 2. The summed E-state index contributed by atoms with van der Waals surface area (Å²) in [6, 6.07) is 4.15. The van der Waals surface area contributed by atoms with Crippen LogP contribution in [0, 0.1) is 76.6 Å². The van der Waals surface area contributed by atoms with Gasteiger partial charge in [-0.05, 0) is 200 Å². The molecule has 8 rings (SSSR count). The van der Waals surface area contributed by atoms with Crippen molar-refractivity contribution in [1.82, 2.24) is 18.9 Å². The van der Waals surface area contributed by atoms with Gasteiger partial charge in [-0.3, -0.25) is 24.0 Å². The van der Waals surface area contributed by atoms with Gasteiger partial charge in [0.1, 0.15) is 29.3 Å². The van der Waals surface area contributed by atoms with Crippen LogP contribution >= 0.6 is 27.0 Å². The average Bonchev–Trinajstić information content (AvgIpc) is 0.758. The van der Waals surface area contributed by atoms with Crippen LogP contribution < -0.4 is 16.9 Å². The number of rotatable bonds is 26. The number of hydrogen-bond donors (Lipinski definition) is 2. The van der Waals surface area contributed by atoms with E-state index in [-0.39, 0.29) is 107 Å². The second-order valence-corrected chi connectivity index (χ2v) is 27.8. The third-order valence-corrected chi connectivity index (χ3v) is 19.1. The maximum atomic E-state index is 16.8. The molecular weight excluding hydrogens is 1510 g/mol. The molecule has 109 heavy (non-hydrogen) atoms. The molecule has 3 N–H and O–H groups in total. The Balaban J connectivity index is 0.000000377. The lowest BCUT2D eigenvalue weighted by atomic mass is 9.82. The number of ketones is 1. The first kappa shape index (κ1) is 93.7. The molecule has 604 valence electrons. The topological polar surface area (TPSA) is 183 Å². The second kappa shape index (κ2) is 39.0. The highest BCUT2D eigenvalue weighted by Gasteiger charge is 2.44. The first-order valence-corrected chi connectivity index (χ1v) is 34.9. The number of aromatic nitrogens is 2. The van der Waals surface area contributed by atoms with E-state index in [4.69, 9.17) is 15.2 Å². The van der Waals surface area contributed by atoms with Gasteiger partial charge in [0.15, 0.2) is 5.78 Å². The Morgan fingerprint density at radius 1 is 0.495 bits per heavy atom. The smallest absolute Gasteiger partial charge is 0.419 e. The number of Topliss-reactive ketones (excluding diaryl/α,β-unsaturated/α-hetero) is 1. The van der Waals surface area contributed by atoms with Gasteiger partial charge < -0.3 is 39.2 Å². The zero-order valence-electron chi connectivity index (χ0n) is 62.4. The van der Waals surface area contributed by atoms with Crippen LogP contribution in [0.5, 0.6) is 0 Å². The number of carbonyl (C=O) groups excluding carboxylic acids is 3. The Labute approximate surface area is 635 Å². The number of nitrogens with zero attached hydrogens (tertiary/aromatic N) is 4. The van der Waals surface area contributed by atoms with Crippen molar-refractivity contribution >= 4 is 50.7 Å². The van der Waals surface area contributed by atoms with Crippen LogP contribution in [0.4, 0.5) is 70.2 Å². The van der Waals surface area contributed by atoms with Gasteiger partial charge in [-0.15, -0.1) is 0 Å². The van der Waals surface area contributed by atoms with E-state index in [2.05, 4.69) is 0 Å². The molecule has 2 aliphatic rings. The Morgan fingerprint density at radius 2 is 0.844 bits per heavy atom. The van der Waals surface area contributed by atoms with Gasteiger partial charge in [0.05, 0.1) is 54.4 Å². The third-order valence-electron chi connectivity index (χ3n) is 19.1. The number of carbonyl (C=O) groups is 4. The maximum absolute atomic E-state index is 16.8. The molecule has 0 saturated carbocycles. The molecule has 4 atom stereocenters. The Bertz CT molecular complexity index is 4340. The monoisotopic (exact) mass is 1600 g/mol. The Morgan fingerprint density at radius 3 is 1.19 bits per heavy atom. The largest absolute Gasteiger partial charge is 0.480 e. The predicted molar refractivity (Wildman–Crippen MR) is 390 cm³/mol. The number of hydrogen-bond acceptors (Lipinski definition) is 11. The molecule has 6 aromatic rings. The minimum Gasteiger partial charge on any atom is -0.480 e. The summed E-state index contributed by atoms with van der Waals surface area (Å²) in [5.74, 6) is -12.7. The van der Waals surface area contributed by atoms with Crippen LogP contribution in [0.15, 0.2) is 70.5 Å². The number of carboxylic acid groups (broad SMARTS) is 1. The molecule has 2 unspecified atom stereocenters. The number of aliphatic carboxylic acids is 1. The molecule has 0 spiro atoms. The van der Waals surface area contributed by atoms with Gasteiger partial charge >= 0.3 is 42.6 Å². The Kier molecular flexibility index (Phi) is 33.5. The fourth-order valence-electron chi connectivity index (χ4n) is 13.1. The number of esters is 2. The van der Waals surface area contributed by atoms with Crippen molar-refractivity contribution in [2.24, 2.45) is 17.6 Å². The quantitative estimate of drug-likeness (QED) is 0.0388. The summed E-state index contributed by atoms with van der Waals surface area (Å²) in [5, 5.41) is 9.40. The zero-order chi connectivity index (χ0) is 80.4. The van der Waals surface area contributed by atoms with Gasteiger partial charge in [-0.1, -0.05) is 52.0 Å². The van der Waals surface area contributed by atoms with Crippen LogP contribution in [0.3, 0.4) is 0 Å². The molecule has 2 aliphatic heterocycles. The summed E-state index contributed by atoms with van der Waals surface area (Å²) < 4.78 is 240. The number of ether oxygens (including phenoxy) is 2. The number of aryl methyl sites for hydroxylation is 4. The maximum Gasteiger partial charge on any atom is 0.419 e. The lowest BCUT2D eigenvalue weighted by Gasteiger charge is -2.31. The summed E-state index contributed by atoms with van der Waals surface area (Å²) in [4.78, 5) is 79.8. The summed E-state index contributed by atoms with van der Waals surface area (Å²) in [6.45, 7) is 23.4. The Hall–Kier alpha value is -7.68. The predicted octanol–water partition coefficient (Wildman–Crippen LogP) is 17.8. The molecule has 2 saturated heterocycles. The van der Waals surface area contributed by atoms with E-state index >= 15 is 13.2 Å². The number of likely N-dealkylation sites (tertiary alicyclic amines) is 2. The molecule has 0 bridgehead atoms. The van der Waals surface area contributed by atoms with Gasteiger partial charge in [-0.2, -0.15) is 79.7 Å². The van der Waals surface area contributed by atoms with Crippen LogP contribution in [-0.4, -0.2) is 100 Å². The zero-order valence-corrected chi connectivity index (χ0v) is 64.4. The first-order chi connectivity index (χ1) is 49.6. The number of alkyl halides is 12. The fraction of sp³-hybridized carbons (Fsp3) is 0.506. The number of nitrogens with two attached hydrogens (primary N) is 1. The summed E-state index contributed by atoms with van der Waals surface area (Å²) >= 11 is 0. The molecule has 0 amide bonds. The van der Waals surface area contributed by atoms with Crippen LogP contribution in [0.25, 0.3) is 22.3 Å². The minimum atomic E-state index is -5.31. The van der Waals surface area contributed by atoms with Gasteiger partial charge in [-0.25, -0.2) is 22.4 Å². The normalized spacial score (nSPS) is 14.5. The highest BCUT2D eigenvalue weighted by molar-refractivity contribution is 7.59. The van der Waals surface area contributed by atoms with Crippen molar-refractivity contribution in [3.8, 4) is 22.3 Å². The number of carboxylic acids is 1. The van der Waals surface area contributed by atoms with Crippen molar-refractivity contribution in [2.75, 3.05) is 52.5 Å². The molecule has 32 heteroatoms. The lowest BCUT2D eigenvalue weighted by Crippen LogP contribution is -2.39.